The zero-order chi connectivity index (χ0) is 16.7. The number of benzene rings is 1. The average Bonchev–Trinajstić information content (AvgIpc) is 2.53. The number of aliphatic hydroxyl groups excluding tert-OH is 1. The summed E-state index contributed by atoms with van der Waals surface area (Å²) < 4.78 is 18.3. The molecule has 1 heterocycles. The lowest BCUT2D eigenvalue weighted by Gasteiger charge is -2.33. The first kappa shape index (κ1) is 17.7. The first-order valence-corrected chi connectivity index (χ1v) is 8.06. The van der Waals surface area contributed by atoms with Gasteiger partial charge in [-0.3, -0.25) is 4.79 Å². The van der Waals surface area contributed by atoms with Gasteiger partial charge >= 0.3 is 0 Å². The summed E-state index contributed by atoms with van der Waals surface area (Å²) in [5.74, 6) is 0.664. The normalized spacial score (nSPS) is 20.0. The van der Waals surface area contributed by atoms with E-state index < -0.39 is 6.10 Å². The van der Waals surface area contributed by atoms with Gasteiger partial charge in [-0.25, -0.2) is 4.39 Å². The molecule has 0 radical (unpaired) electrons. The van der Waals surface area contributed by atoms with Crippen molar-refractivity contribution in [3.05, 3.63) is 30.1 Å². The molecule has 2 rings (SSSR count). The van der Waals surface area contributed by atoms with Gasteiger partial charge in [0.1, 0.15) is 24.3 Å². The Bertz CT molecular complexity index is 495. The molecule has 2 N–H and O–H groups in total. The second kappa shape index (κ2) is 8.84. The van der Waals surface area contributed by atoms with Crippen molar-refractivity contribution in [1.82, 2.24) is 10.2 Å². The number of halogens is 1. The number of amides is 1. The zero-order valence-electron chi connectivity index (χ0n) is 13.5. The summed E-state index contributed by atoms with van der Waals surface area (Å²) in [7, 11) is 0. The van der Waals surface area contributed by atoms with Gasteiger partial charge in [0.15, 0.2) is 0 Å². The second-order valence-electron chi connectivity index (χ2n) is 6.12. The molecule has 0 aromatic heterocycles. The van der Waals surface area contributed by atoms with E-state index in [1.165, 1.54) is 19.1 Å². The molecule has 1 amide bonds. The van der Waals surface area contributed by atoms with Crippen molar-refractivity contribution < 1.29 is 19.0 Å². The van der Waals surface area contributed by atoms with E-state index in [1.54, 1.807) is 12.1 Å². The van der Waals surface area contributed by atoms with Gasteiger partial charge in [-0.15, -0.1) is 0 Å². The maximum Gasteiger partial charge on any atom is 0.216 e. The van der Waals surface area contributed by atoms with Crippen LogP contribution < -0.4 is 10.1 Å². The molecule has 0 aliphatic carbocycles. The summed E-state index contributed by atoms with van der Waals surface area (Å²) in [6, 6.07) is 5.76. The Hall–Kier alpha value is -1.66. The highest BCUT2D eigenvalue weighted by Gasteiger charge is 2.22. The van der Waals surface area contributed by atoms with Crippen LogP contribution in [0.4, 0.5) is 4.39 Å². The Labute approximate surface area is 136 Å². The third-order valence-corrected chi connectivity index (χ3v) is 3.97. The number of piperidine rings is 1. The fraction of sp³-hybridized carbons (Fsp3) is 0.588. The van der Waals surface area contributed by atoms with Crippen LogP contribution in [0.5, 0.6) is 5.75 Å². The third-order valence-electron chi connectivity index (χ3n) is 3.97. The molecule has 5 nitrogen and oxygen atoms in total. The van der Waals surface area contributed by atoms with Crippen molar-refractivity contribution in [3.8, 4) is 5.75 Å². The van der Waals surface area contributed by atoms with Gasteiger partial charge in [-0.1, -0.05) is 0 Å². The lowest BCUT2D eigenvalue weighted by molar-refractivity contribution is -0.119. The monoisotopic (exact) mass is 324 g/mol. The number of β-amino-alcohol motifs (C(OH)–C–C–N with tert-alkyl or cyclic N) is 1. The van der Waals surface area contributed by atoms with Crippen LogP contribution in [0.2, 0.25) is 0 Å². The van der Waals surface area contributed by atoms with Gasteiger partial charge < -0.3 is 20.1 Å². The molecule has 1 saturated heterocycles. The lowest BCUT2D eigenvalue weighted by atomic mass is 9.97. The van der Waals surface area contributed by atoms with Gasteiger partial charge in [-0.2, -0.15) is 0 Å². The van der Waals surface area contributed by atoms with E-state index in [4.69, 9.17) is 4.74 Å². The molecule has 0 spiro atoms. The molecule has 1 fully saturated rings. The largest absolute Gasteiger partial charge is 0.491 e. The predicted molar refractivity (Wildman–Crippen MR) is 85.7 cm³/mol. The van der Waals surface area contributed by atoms with Gasteiger partial charge in [0, 0.05) is 26.6 Å². The molecule has 1 aromatic rings. The number of ether oxygens (including phenoxy) is 1. The number of rotatable bonds is 7. The summed E-state index contributed by atoms with van der Waals surface area (Å²) in [6.07, 6.45) is 1.56. The minimum absolute atomic E-state index is 0.00476. The summed E-state index contributed by atoms with van der Waals surface area (Å²) in [5, 5.41) is 13.0. The van der Waals surface area contributed by atoms with Crippen LogP contribution in [0.3, 0.4) is 0 Å². The van der Waals surface area contributed by atoms with Crippen molar-refractivity contribution in [2.75, 3.05) is 32.8 Å². The van der Waals surface area contributed by atoms with E-state index in [9.17, 15) is 14.3 Å². The van der Waals surface area contributed by atoms with E-state index in [-0.39, 0.29) is 18.3 Å². The van der Waals surface area contributed by atoms with E-state index >= 15 is 0 Å². The molecule has 6 heteroatoms. The smallest absolute Gasteiger partial charge is 0.216 e. The molecule has 1 aliphatic rings. The van der Waals surface area contributed by atoms with E-state index in [0.29, 0.717) is 24.8 Å². The van der Waals surface area contributed by atoms with Crippen LogP contribution in [0.1, 0.15) is 19.8 Å². The molecule has 128 valence electrons. The average molecular weight is 324 g/mol. The molecular formula is C17H25FN2O3. The lowest BCUT2D eigenvalue weighted by Crippen LogP contribution is -2.44. The van der Waals surface area contributed by atoms with Crippen molar-refractivity contribution in [2.45, 2.75) is 25.9 Å². The number of hydrogen-bond acceptors (Lipinski definition) is 4. The highest BCUT2D eigenvalue weighted by atomic mass is 19.1. The first-order valence-electron chi connectivity index (χ1n) is 8.06. The van der Waals surface area contributed by atoms with Gasteiger partial charge in [0.25, 0.3) is 0 Å². The maximum atomic E-state index is 12.8. The maximum absolute atomic E-state index is 12.8. The molecule has 2 unspecified atom stereocenters. The summed E-state index contributed by atoms with van der Waals surface area (Å²) in [4.78, 5) is 13.2. The summed E-state index contributed by atoms with van der Waals surface area (Å²) in [5.41, 5.74) is 0. The van der Waals surface area contributed by atoms with Gasteiger partial charge in [0.2, 0.25) is 5.91 Å². The van der Waals surface area contributed by atoms with Crippen molar-refractivity contribution >= 4 is 5.91 Å². The van der Waals surface area contributed by atoms with Crippen LogP contribution >= 0.6 is 0 Å². The Kier molecular flexibility index (Phi) is 6.80. The molecule has 1 aliphatic heterocycles. The Balaban J connectivity index is 1.70. The van der Waals surface area contributed by atoms with Crippen LogP contribution in [-0.2, 0) is 4.79 Å². The van der Waals surface area contributed by atoms with Crippen molar-refractivity contribution in [1.29, 1.82) is 0 Å². The zero-order valence-corrected chi connectivity index (χ0v) is 13.5. The van der Waals surface area contributed by atoms with E-state index in [1.807, 2.05) is 0 Å². The van der Waals surface area contributed by atoms with Gasteiger partial charge in [-0.05, 0) is 49.6 Å². The van der Waals surface area contributed by atoms with Crippen LogP contribution in [0.15, 0.2) is 24.3 Å². The number of carbonyl (C=O) groups is 1. The molecule has 0 bridgehead atoms. The van der Waals surface area contributed by atoms with Crippen molar-refractivity contribution in [3.63, 3.8) is 0 Å². The molecule has 2 atom stereocenters. The van der Waals surface area contributed by atoms with Crippen LogP contribution in [0, 0.1) is 11.7 Å². The highest BCUT2D eigenvalue weighted by molar-refractivity contribution is 5.72. The number of aliphatic hydroxyl groups is 1. The Morgan fingerprint density at radius 2 is 2.22 bits per heavy atom. The number of nitrogens with one attached hydrogen (secondary N) is 1. The quantitative estimate of drug-likeness (QED) is 0.796. The number of nitrogens with zero attached hydrogens (tertiary/aromatic N) is 1. The number of hydrogen-bond donors (Lipinski definition) is 2. The van der Waals surface area contributed by atoms with Gasteiger partial charge in [0.05, 0.1) is 0 Å². The first-order chi connectivity index (χ1) is 11.0. The van der Waals surface area contributed by atoms with Crippen molar-refractivity contribution in [2.24, 2.45) is 5.92 Å². The molecule has 0 saturated carbocycles. The van der Waals surface area contributed by atoms with Crippen LogP contribution in [0.25, 0.3) is 0 Å². The minimum atomic E-state index is -0.598. The molecule has 23 heavy (non-hydrogen) atoms. The SMILES string of the molecule is CC(=O)NCC1CCCN(CC(O)COc2ccc(F)cc2)C1. The molecular weight excluding hydrogens is 299 g/mol. The topological polar surface area (TPSA) is 61.8 Å². The third kappa shape index (κ3) is 6.54. The fourth-order valence-corrected chi connectivity index (χ4v) is 2.85. The Morgan fingerprint density at radius 3 is 2.91 bits per heavy atom. The van der Waals surface area contributed by atoms with Crippen LogP contribution in [-0.4, -0.2) is 54.8 Å². The summed E-state index contributed by atoms with van der Waals surface area (Å²) >= 11 is 0. The second-order valence-corrected chi connectivity index (χ2v) is 6.12. The minimum Gasteiger partial charge on any atom is -0.491 e. The number of carbonyl (C=O) groups excluding carboxylic acids is 1. The fourth-order valence-electron chi connectivity index (χ4n) is 2.85. The summed E-state index contributed by atoms with van der Waals surface area (Å²) in [6.45, 7) is 4.75. The highest BCUT2D eigenvalue weighted by Crippen LogP contribution is 2.16. The number of likely N-dealkylation sites (tertiary alicyclic amines) is 1. The van der Waals surface area contributed by atoms with E-state index in [2.05, 4.69) is 10.2 Å². The predicted octanol–water partition coefficient (Wildman–Crippen LogP) is 1.41. The Morgan fingerprint density at radius 1 is 1.48 bits per heavy atom. The van der Waals surface area contributed by atoms with E-state index in [0.717, 1.165) is 25.9 Å². The molecule has 1 aromatic carbocycles. The standard InChI is InChI=1S/C17H25FN2O3/c1-13(21)19-9-14-3-2-8-20(10-14)11-16(22)12-23-17-6-4-15(18)5-7-17/h4-7,14,16,22H,2-3,8-12H2,1H3,(H,19,21).